The van der Waals surface area contributed by atoms with Crippen LogP contribution in [0.5, 0.6) is 0 Å². The highest BCUT2D eigenvalue weighted by Gasteiger charge is 2.57. The van der Waals surface area contributed by atoms with Crippen LogP contribution in [-0.4, -0.2) is 138 Å². The minimum Gasteiger partial charge on any atom is -0.488 e. The number of Topliss-reactive ketones (excluding diaryl/α,β-unsaturated/α-hetero) is 1. The number of carbonyl (C=O) groups excluding carboxylic acids is 1. The summed E-state index contributed by atoms with van der Waals surface area (Å²) in [6, 6.07) is 7.87. The number of carbonyl (C=O) groups is 2. The van der Waals surface area contributed by atoms with Gasteiger partial charge in [0, 0.05) is 5.56 Å². The zero-order valence-electron chi connectivity index (χ0n) is 23.7. The number of aliphatic carboxylic acids is 1. The van der Waals surface area contributed by atoms with Crippen molar-refractivity contribution in [1.29, 1.82) is 0 Å². The van der Waals surface area contributed by atoms with Gasteiger partial charge in [0.1, 0.15) is 48.5 Å². The smallest absolute Gasteiger partial charge is 0.340 e. The molecule has 12 atom stereocenters. The van der Waals surface area contributed by atoms with Gasteiger partial charge in [-0.25, -0.2) is 4.79 Å². The van der Waals surface area contributed by atoms with Gasteiger partial charge in [0.25, 0.3) is 0 Å². The molecule has 0 bridgehead atoms. The Hall–Kier alpha value is -2.80. The first kappa shape index (κ1) is 34.1. The van der Waals surface area contributed by atoms with E-state index in [4.69, 9.17) is 18.9 Å². The molecule has 1 aliphatic carbocycles. The highest BCUT2D eigenvalue weighted by molar-refractivity contribution is 6.11. The fraction of sp³-hybridized carbons (Fsp3) is 0.586. The molecule has 0 spiro atoms. The van der Waals surface area contributed by atoms with E-state index in [1.165, 1.54) is 12.1 Å². The number of carboxylic acids is 1. The molecular weight excluding hydrogens is 588 g/mol. The van der Waals surface area contributed by atoms with Gasteiger partial charge in [-0.15, -0.1) is 0 Å². The Balaban J connectivity index is 1.87. The molecular formula is C29H38O15. The summed E-state index contributed by atoms with van der Waals surface area (Å²) >= 11 is 0. The van der Waals surface area contributed by atoms with Crippen molar-refractivity contribution in [3.05, 3.63) is 59.4 Å². The molecule has 2 saturated heterocycles. The number of rotatable bonds is 11. The van der Waals surface area contributed by atoms with Crippen LogP contribution in [0, 0.1) is 5.92 Å². The first-order valence-corrected chi connectivity index (χ1v) is 14.1. The van der Waals surface area contributed by atoms with Gasteiger partial charge in [0.15, 0.2) is 30.1 Å². The second-order valence-corrected chi connectivity index (χ2v) is 10.9. The maximum absolute atomic E-state index is 13.8. The fourth-order valence-electron chi connectivity index (χ4n) is 5.68. The molecule has 244 valence electrons. The van der Waals surface area contributed by atoms with Crippen LogP contribution in [-0.2, 0) is 23.7 Å². The number of aliphatic hydroxyl groups excluding tert-OH is 8. The van der Waals surface area contributed by atoms with Crippen LogP contribution < -0.4 is 0 Å². The summed E-state index contributed by atoms with van der Waals surface area (Å²) in [4.78, 5) is 26.9. The van der Waals surface area contributed by atoms with Crippen molar-refractivity contribution < 1.29 is 74.5 Å². The minimum absolute atomic E-state index is 0.0691. The van der Waals surface area contributed by atoms with Crippen LogP contribution in [0.3, 0.4) is 0 Å². The number of carboxylic acid groups (broad SMARTS) is 1. The van der Waals surface area contributed by atoms with E-state index in [2.05, 4.69) is 0 Å². The van der Waals surface area contributed by atoms with Crippen molar-refractivity contribution in [3.63, 3.8) is 0 Å². The highest BCUT2D eigenvalue weighted by atomic mass is 16.7. The first-order chi connectivity index (χ1) is 20.9. The molecule has 15 heteroatoms. The van der Waals surface area contributed by atoms with E-state index >= 15 is 0 Å². The number of ether oxygens (including phenoxy) is 4. The normalized spacial score (nSPS) is 39.2. The summed E-state index contributed by atoms with van der Waals surface area (Å²) in [6.07, 6.45) is -15.5. The van der Waals surface area contributed by atoms with E-state index in [0.29, 0.717) is 0 Å². The molecule has 1 aromatic rings. The van der Waals surface area contributed by atoms with Gasteiger partial charge in [-0.05, 0) is 18.6 Å². The van der Waals surface area contributed by atoms with Crippen molar-refractivity contribution in [2.24, 2.45) is 5.92 Å². The fourth-order valence-corrected chi connectivity index (χ4v) is 5.68. The summed E-state index contributed by atoms with van der Waals surface area (Å²) in [5.74, 6) is -4.08. The minimum atomic E-state index is -2.49. The predicted octanol–water partition coefficient (Wildman–Crippen LogP) is -2.43. The topological polar surface area (TPSA) is 253 Å². The number of allylic oxidation sites excluding steroid dienone is 2. The van der Waals surface area contributed by atoms with Crippen LogP contribution >= 0.6 is 0 Å². The Labute approximate surface area is 251 Å². The van der Waals surface area contributed by atoms with Gasteiger partial charge < -0.3 is 64.9 Å². The zero-order valence-corrected chi connectivity index (χ0v) is 23.7. The molecule has 15 nitrogen and oxygen atoms in total. The van der Waals surface area contributed by atoms with E-state index < -0.39 is 97.9 Å². The number of hydrogen-bond acceptors (Lipinski definition) is 14. The first-order valence-electron chi connectivity index (χ1n) is 14.1. The predicted molar refractivity (Wildman–Crippen MR) is 145 cm³/mol. The standard InChI is InChI=1S/C29H38O15/c1-2-6-15-23(43-24-19(33)16(11-30)41-26(37)21(24)35)14(18(32)13-7-4-3-5-8-13)9-10-29(15,28(39)40)44-25-20(34)17(12-31)42-27(38)22(25)36/h3-5,7-10,15-17,19-22,24-27,30-31,33-38H,2,6,11-12H2,1H3,(H,39,40). The second-order valence-electron chi connectivity index (χ2n) is 10.9. The average molecular weight is 627 g/mol. The third-order valence-corrected chi connectivity index (χ3v) is 8.06. The van der Waals surface area contributed by atoms with Crippen LogP contribution in [0.25, 0.3) is 0 Å². The van der Waals surface area contributed by atoms with Crippen molar-refractivity contribution in [3.8, 4) is 0 Å². The van der Waals surface area contributed by atoms with Crippen LogP contribution in [0.1, 0.15) is 30.1 Å². The van der Waals surface area contributed by atoms with E-state index in [9.17, 15) is 55.5 Å². The summed E-state index contributed by atoms with van der Waals surface area (Å²) in [5, 5.41) is 93.4. The summed E-state index contributed by atoms with van der Waals surface area (Å²) in [7, 11) is 0. The number of hydrogen-bond donors (Lipinski definition) is 9. The summed E-state index contributed by atoms with van der Waals surface area (Å²) in [5.41, 5.74) is -2.50. The lowest BCUT2D eigenvalue weighted by molar-refractivity contribution is -0.310. The molecule has 0 saturated carbocycles. The maximum atomic E-state index is 13.8. The Morgan fingerprint density at radius 2 is 1.39 bits per heavy atom. The van der Waals surface area contributed by atoms with E-state index in [1.807, 2.05) is 0 Å². The Morgan fingerprint density at radius 3 is 1.91 bits per heavy atom. The van der Waals surface area contributed by atoms with E-state index in [-0.39, 0.29) is 29.7 Å². The quantitative estimate of drug-likeness (QED) is 0.116. The molecule has 0 radical (unpaired) electrons. The molecule has 44 heavy (non-hydrogen) atoms. The number of ketones is 1. The van der Waals surface area contributed by atoms with Crippen molar-refractivity contribution in [2.45, 2.75) is 86.8 Å². The molecule has 2 fully saturated rings. The lowest BCUT2D eigenvalue weighted by Crippen LogP contribution is -2.64. The van der Waals surface area contributed by atoms with Gasteiger partial charge in [-0.1, -0.05) is 43.7 Å². The Bertz CT molecular complexity index is 1220. The highest BCUT2D eigenvalue weighted by Crippen LogP contribution is 2.44. The van der Waals surface area contributed by atoms with Crippen molar-refractivity contribution in [1.82, 2.24) is 0 Å². The molecule has 9 N–H and O–H groups in total. The Morgan fingerprint density at radius 1 is 0.841 bits per heavy atom. The molecule has 0 aromatic heterocycles. The van der Waals surface area contributed by atoms with E-state index in [1.54, 1.807) is 25.1 Å². The Kier molecular flexibility index (Phi) is 10.9. The SMILES string of the molecule is CCCC1C(OC2C(O)C(O)OC(CO)C2O)=C(C(=O)c2ccccc2)C=CC1(OC1C(O)C(O)OC(CO)C1O)C(=O)O. The van der Waals surface area contributed by atoms with Gasteiger partial charge in [0.05, 0.1) is 24.7 Å². The van der Waals surface area contributed by atoms with E-state index in [0.717, 1.165) is 12.2 Å². The molecule has 12 unspecified atom stereocenters. The van der Waals surface area contributed by atoms with Gasteiger partial charge in [0.2, 0.25) is 0 Å². The van der Waals surface area contributed by atoms with Crippen molar-refractivity contribution in [2.75, 3.05) is 13.2 Å². The third kappa shape index (κ3) is 6.31. The monoisotopic (exact) mass is 626 g/mol. The molecule has 3 aliphatic rings. The third-order valence-electron chi connectivity index (χ3n) is 8.06. The molecule has 4 rings (SSSR count). The molecule has 0 amide bonds. The molecule has 1 aromatic carbocycles. The lowest BCUT2D eigenvalue weighted by atomic mass is 9.75. The van der Waals surface area contributed by atoms with Crippen molar-refractivity contribution >= 4 is 11.8 Å². The number of benzene rings is 1. The van der Waals surface area contributed by atoms with Gasteiger partial charge in [-0.3, -0.25) is 4.79 Å². The zero-order chi connectivity index (χ0) is 32.3. The summed E-state index contributed by atoms with van der Waals surface area (Å²) in [6.45, 7) is 0.0968. The maximum Gasteiger partial charge on any atom is 0.340 e. The summed E-state index contributed by atoms with van der Waals surface area (Å²) < 4.78 is 22.0. The second kappa shape index (κ2) is 14.1. The van der Waals surface area contributed by atoms with Crippen LogP contribution in [0.4, 0.5) is 0 Å². The molecule has 2 aliphatic heterocycles. The number of aliphatic hydroxyl groups is 8. The molecule has 2 heterocycles. The van der Waals surface area contributed by atoms with Crippen LogP contribution in [0.15, 0.2) is 53.8 Å². The average Bonchev–Trinajstić information content (AvgIpc) is 3.02. The lowest BCUT2D eigenvalue weighted by Gasteiger charge is -2.47. The van der Waals surface area contributed by atoms with Crippen LogP contribution in [0.2, 0.25) is 0 Å². The van der Waals surface area contributed by atoms with Gasteiger partial charge in [-0.2, -0.15) is 0 Å². The largest absolute Gasteiger partial charge is 0.488 e. The van der Waals surface area contributed by atoms with Gasteiger partial charge >= 0.3 is 5.97 Å².